The highest BCUT2D eigenvalue weighted by molar-refractivity contribution is 5.63. The Hall–Kier alpha value is -6.57. The van der Waals surface area contributed by atoms with Gasteiger partial charge in [0.15, 0.2) is 0 Å². The number of rotatable bonds is 24. The van der Waals surface area contributed by atoms with Gasteiger partial charge >= 0.3 is 0 Å². The van der Waals surface area contributed by atoms with E-state index in [0.717, 1.165) is 72.3 Å². The predicted molar refractivity (Wildman–Crippen MR) is 267 cm³/mol. The standard InChI is InChI=1S/C57H66N6/c1-4-7-10-13-16-19-22-25-28-31-34-49-37-43-52(44-38-49)58-55-61-56(59-53-45-39-50(40-46-53)35-32-29-26-23-20-17-14-11-8-5-2)63-57(62-55)60-54-47-41-51(42-48-54)36-33-30-27-24-21-18-15-12-9-6-3/h37-48H,4-24H2,1-3H3,(H3,58,59,60,61,62,63). The maximum Gasteiger partial charge on any atom is 0.233 e. The molecule has 0 saturated heterocycles. The third kappa shape index (κ3) is 22.7. The summed E-state index contributed by atoms with van der Waals surface area (Å²) in [5.74, 6) is 38.1. The van der Waals surface area contributed by atoms with Crippen LogP contribution in [-0.2, 0) is 0 Å². The van der Waals surface area contributed by atoms with Crippen LogP contribution in [0.4, 0.5) is 34.9 Å². The lowest BCUT2D eigenvalue weighted by Gasteiger charge is -2.12. The highest BCUT2D eigenvalue weighted by Crippen LogP contribution is 2.22. The van der Waals surface area contributed by atoms with Crippen molar-refractivity contribution in [2.45, 2.75) is 156 Å². The highest BCUT2D eigenvalue weighted by Gasteiger charge is 2.09. The molecule has 63 heavy (non-hydrogen) atoms. The van der Waals surface area contributed by atoms with Crippen LogP contribution in [0.3, 0.4) is 0 Å². The Morgan fingerprint density at radius 1 is 0.317 bits per heavy atom. The summed E-state index contributed by atoms with van der Waals surface area (Å²) in [5.41, 5.74) is 5.10. The van der Waals surface area contributed by atoms with Crippen molar-refractivity contribution in [2.24, 2.45) is 0 Å². The molecule has 0 aliphatic heterocycles. The van der Waals surface area contributed by atoms with Crippen molar-refractivity contribution >= 4 is 34.9 Å². The van der Waals surface area contributed by atoms with Crippen LogP contribution >= 0.6 is 0 Å². The van der Waals surface area contributed by atoms with Gasteiger partial charge in [-0.25, -0.2) is 0 Å². The smallest absolute Gasteiger partial charge is 0.233 e. The second-order valence-electron chi connectivity index (χ2n) is 15.6. The fourth-order valence-electron chi connectivity index (χ4n) is 6.45. The Balaban J connectivity index is 1.40. The minimum atomic E-state index is 0.374. The summed E-state index contributed by atoms with van der Waals surface area (Å²) in [5, 5.41) is 10.0. The fourth-order valence-corrected chi connectivity index (χ4v) is 6.45. The van der Waals surface area contributed by atoms with Crippen LogP contribution in [0.15, 0.2) is 72.8 Å². The normalized spacial score (nSPS) is 9.76. The zero-order valence-electron chi connectivity index (χ0n) is 38.1. The minimum Gasteiger partial charge on any atom is -0.324 e. The first-order valence-electron chi connectivity index (χ1n) is 23.5. The van der Waals surface area contributed by atoms with Crippen LogP contribution in [-0.4, -0.2) is 15.0 Å². The van der Waals surface area contributed by atoms with Gasteiger partial charge in [0.25, 0.3) is 0 Å². The first-order valence-corrected chi connectivity index (χ1v) is 23.5. The van der Waals surface area contributed by atoms with Gasteiger partial charge in [0.05, 0.1) is 0 Å². The summed E-state index contributed by atoms with van der Waals surface area (Å²) in [6, 6.07) is 23.5. The maximum atomic E-state index is 4.70. The molecule has 4 rings (SSSR count). The topological polar surface area (TPSA) is 74.8 Å². The maximum absolute atomic E-state index is 4.70. The second kappa shape index (κ2) is 32.2. The molecule has 1 heterocycles. The first kappa shape index (κ1) is 49.1. The molecule has 0 radical (unpaired) electrons. The molecule has 4 aromatic rings. The van der Waals surface area contributed by atoms with E-state index >= 15 is 0 Å². The van der Waals surface area contributed by atoms with Gasteiger partial charge in [0.2, 0.25) is 17.8 Å². The number of nitrogens with zero attached hydrogens (tertiary/aromatic N) is 3. The minimum absolute atomic E-state index is 0.374. The van der Waals surface area contributed by atoms with Crippen molar-refractivity contribution < 1.29 is 0 Å². The van der Waals surface area contributed by atoms with E-state index in [4.69, 9.17) is 15.0 Å². The zero-order chi connectivity index (χ0) is 44.3. The molecular weight excluding hydrogens is 769 g/mol. The molecule has 1 aromatic heterocycles. The molecule has 0 saturated carbocycles. The van der Waals surface area contributed by atoms with Crippen molar-refractivity contribution in [2.75, 3.05) is 16.0 Å². The Bertz CT molecular complexity index is 2030. The van der Waals surface area contributed by atoms with Crippen LogP contribution in [0.2, 0.25) is 0 Å². The van der Waals surface area contributed by atoms with Gasteiger partial charge in [-0.15, -0.1) is 0 Å². The van der Waals surface area contributed by atoms with Gasteiger partial charge < -0.3 is 16.0 Å². The Kier molecular flexibility index (Phi) is 25.1. The van der Waals surface area contributed by atoms with Gasteiger partial charge in [0, 0.05) is 53.0 Å². The van der Waals surface area contributed by atoms with E-state index in [0.29, 0.717) is 17.8 Å². The molecule has 324 valence electrons. The highest BCUT2D eigenvalue weighted by atomic mass is 15.3. The van der Waals surface area contributed by atoms with Crippen LogP contribution < -0.4 is 16.0 Å². The van der Waals surface area contributed by atoms with Crippen molar-refractivity contribution in [3.05, 3.63) is 89.5 Å². The average Bonchev–Trinajstić information content (AvgIpc) is 3.30. The largest absolute Gasteiger partial charge is 0.324 e. The van der Waals surface area contributed by atoms with E-state index in [2.05, 4.69) is 108 Å². The van der Waals surface area contributed by atoms with Crippen LogP contribution in [0.1, 0.15) is 172 Å². The van der Waals surface area contributed by atoms with Crippen molar-refractivity contribution in [3.63, 3.8) is 0 Å². The average molecular weight is 835 g/mol. The van der Waals surface area contributed by atoms with Gasteiger partial charge in [0.1, 0.15) is 0 Å². The predicted octanol–water partition coefficient (Wildman–Crippen LogP) is 14.4. The van der Waals surface area contributed by atoms with Crippen LogP contribution in [0.5, 0.6) is 0 Å². The fraction of sp³-hybridized carbons (Fsp3) is 0.421. The quantitative estimate of drug-likeness (QED) is 0.0482. The number of anilines is 6. The molecule has 0 amide bonds. The summed E-state index contributed by atoms with van der Waals surface area (Å²) in [6.07, 6.45) is 25.4. The lowest BCUT2D eigenvalue weighted by Crippen LogP contribution is -2.07. The number of benzene rings is 3. The third-order valence-corrected chi connectivity index (χ3v) is 10.1. The molecule has 3 aromatic carbocycles. The third-order valence-electron chi connectivity index (χ3n) is 10.1. The van der Waals surface area contributed by atoms with Crippen LogP contribution in [0, 0.1) is 71.0 Å². The molecule has 3 N–H and O–H groups in total. The molecule has 0 aliphatic carbocycles. The summed E-state index contributed by atoms with van der Waals surface area (Å²) < 4.78 is 0. The molecule has 6 nitrogen and oxygen atoms in total. The Morgan fingerprint density at radius 2 is 0.571 bits per heavy atom. The number of aromatic nitrogens is 3. The van der Waals surface area contributed by atoms with Gasteiger partial charge in [-0.1, -0.05) is 153 Å². The van der Waals surface area contributed by atoms with Gasteiger partial charge in [-0.2, -0.15) is 15.0 Å². The number of hydrogen-bond donors (Lipinski definition) is 3. The van der Waals surface area contributed by atoms with E-state index in [1.165, 1.54) is 96.3 Å². The molecule has 0 spiro atoms. The lowest BCUT2D eigenvalue weighted by atomic mass is 10.1. The molecule has 0 bridgehead atoms. The first-order chi connectivity index (χ1) is 31.1. The summed E-state index contributed by atoms with van der Waals surface area (Å²) in [4.78, 5) is 14.1. The number of nitrogens with one attached hydrogen (secondary N) is 3. The van der Waals surface area contributed by atoms with E-state index in [-0.39, 0.29) is 0 Å². The van der Waals surface area contributed by atoms with Crippen molar-refractivity contribution in [1.82, 2.24) is 15.0 Å². The van der Waals surface area contributed by atoms with Crippen molar-refractivity contribution in [3.8, 4) is 71.0 Å². The van der Waals surface area contributed by atoms with E-state index in [9.17, 15) is 0 Å². The van der Waals surface area contributed by atoms with Gasteiger partial charge in [-0.05, 0) is 128 Å². The lowest BCUT2D eigenvalue weighted by molar-refractivity contribution is 0.614. The second-order valence-corrected chi connectivity index (χ2v) is 15.6. The summed E-state index contributed by atoms with van der Waals surface area (Å²) >= 11 is 0. The zero-order valence-corrected chi connectivity index (χ0v) is 38.1. The summed E-state index contributed by atoms with van der Waals surface area (Å²) in [7, 11) is 0. The number of unbranched alkanes of at least 4 members (excludes halogenated alkanes) is 18. The summed E-state index contributed by atoms with van der Waals surface area (Å²) in [6.45, 7) is 6.73. The molecular formula is C57H66N6. The molecule has 6 heteroatoms. The van der Waals surface area contributed by atoms with Crippen LogP contribution in [0.25, 0.3) is 0 Å². The molecule has 0 aliphatic rings. The van der Waals surface area contributed by atoms with E-state index in [1.807, 2.05) is 72.8 Å². The molecule has 0 fully saturated rings. The van der Waals surface area contributed by atoms with Crippen molar-refractivity contribution in [1.29, 1.82) is 0 Å². The Labute approximate surface area is 380 Å². The van der Waals surface area contributed by atoms with Gasteiger partial charge in [-0.3, -0.25) is 0 Å². The van der Waals surface area contributed by atoms with E-state index < -0.39 is 0 Å². The number of hydrogen-bond acceptors (Lipinski definition) is 6. The Morgan fingerprint density at radius 3 is 0.841 bits per heavy atom. The van der Waals surface area contributed by atoms with E-state index in [1.54, 1.807) is 0 Å². The SMILES string of the molecule is CCCCCCCCC#CC#Cc1ccc(Nc2nc(Nc3ccc(C#CC#CCCCCCCCC)cc3)nc(Nc3ccc(C#CC#CCCCCCCCC)cc3)n2)cc1. The molecule has 0 atom stereocenters. The molecule has 0 unspecified atom stereocenters. The monoisotopic (exact) mass is 835 g/mol.